The molecule has 0 bridgehead atoms. The molecule has 1 heterocycles. The first kappa shape index (κ1) is 9.11. The first-order chi connectivity index (χ1) is 5.24. The van der Waals surface area contributed by atoms with Gasteiger partial charge in [0.15, 0.2) is 6.66 Å². The van der Waals surface area contributed by atoms with Gasteiger partial charge in [0.05, 0.1) is 6.10 Å². The first-order valence-electron chi connectivity index (χ1n) is 3.93. The zero-order valence-electron chi connectivity index (χ0n) is 6.95. The van der Waals surface area contributed by atoms with Crippen LogP contribution in [0.4, 0.5) is 0 Å². The van der Waals surface area contributed by atoms with Gasteiger partial charge in [0.25, 0.3) is 0 Å². The van der Waals surface area contributed by atoms with Gasteiger partial charge in [-0.15, -0.1) is 4.52 Å². The van der Waals surface area contributed by atoms with Crippen molar-refractivity contribution in [1.82, 2.24) is 0 Å². The SMILES string of the molecule is CC[C@H]1OCC[C@H]1O[P+](C)=O. The summed E-state index contributed by atoms with van der Waals surface area (Å²) in [6.07, 6.45) is 2.05. The molecule has 1 saturated heterocycles. The van der Waals surface area contributed by atoms with Crippen molar-refractivity contribution >= 4 is 8.03 Å². The minimum Gasteiger partial charge on any atom is -0.375 e. The molecular formula is C7H14O3P+. The Morgan fingerprint density at radius 2 is 2.45 bits per heavy atom. The van der Waals surface area contributed by atoms with Gasteiger partial charge in [-0.25, -0.2) is 0 Å². The van der Waals surface area contributed by atoms with E-state index in [4.69, 9.17) is 9.26 Å². The van der Waals surface area contributed by atoms with Crippen molar-refractivity contribution in [3.63, 3.8) is 0 Å². The summed E-state index contributed by atoms with van der Waals surface area (Å²) in [5.74, 6) is 0. The predicted octanol–water partition coefficient (Wildman–Crippen LogP) is 1.94. The average Bonchev–Trinajstić information content (AvgIpc) is 2.34. The average molecular weight is 177 g/mol. The lowest BCUT2D eigenvalue weighted by Gasteiger charge is -2.09. The molecule has 0 aromatic heterocycles. The molecular weight excluding hydrogens is 163 g/mol. The Labute approximate surface area is 67.9 Å². The summed E-state index contributed by atoms with van der Waals surface area (Å²) in [7, 11) is -1.47. The molecule has 3 atom stereocenters. The lowest BCUT2D eigenvalue weighted by molar-refractivity contribution is 0.0550. The van der Waals surface area contributed by atoms with Gasteiger partial charge in [0, 0.05) is 13.0 Å². The Kier molecular flexibility index (Phi) is 3.44. The summed E-state index contributed by atoms with van der Waals surface area (Å²) in [6.45, 7) is 4.38. The lowest BCUT2D eigenvalue weighted by Crippen LogP contribution is -2.20. The topological polar surface area (TPSA) is 35.5 Å². The van der Waals surface area contributed by atoms with Crippen LogP contribution in [-0.2, 0) is 13.8 Å². The molecule has 0 radical (unpaired) electrons. The van der Waals surface area contributed by atoms with E-state index in [-0.39, 0.29) is 12.2 Å². The van der Waals surface area contributed by atoms with Crippen LogP contribution in [-0.4, -0.2) is 25.5 Å². The van der Waals surface area contributed by atoms with Gasteiger partial charge in [-0.2, -0.15) is 0 Å². The Morgan fingerprint density at radius 3 is 3.00 bits per heavy atom. The van der Waals surface area contributed by atoms with Crippen LogP contribution in [0.3, 0.4) is 0 Å². The van der Waals surface area contributed by atoms with E-state index in [0.29, 0.717) is 0 Å². The molecule has 11 heavy (non-hydrogen) atoms. The maximum absolute atomic E-state index is 10.7. The summed E-state index contributed by atoms with van der Waals surface area (Å²) < 4.78 is 21.3. The molecule has 1 aliphatic heterocycles. The van der Waals surface area contributed by atoms with Crippen LogP contribution in [0, 0.1) is 0 Å². The van der Waals surface area contributed by atoms with Crippen LogP contribution in [0.1, 0.15) is 19.8 Å². The monoisotopic (exact) mass is 177 g/mol. The zero-order chi connectivity index (χ0) is 8.27. The highest BCUT2D eigenvalue weighted by Gasteiger charge is 2.33. The second-order valence-corrected chi connectivity index (χ2v) is 3.78. The summed E-state index contributed by atoms with van der Waals surface area (Å²) >= 11 is 0. The van der Waals surface area contributed by atoms with E-state index < -0.39 is 8.03 Å². The fraction of sp³-hybridized carbons (Fsp3) is 1.00. The third kappa shape index (κ3) is 2.51. The van der Waals surface area contributed by atoms with Crippen molar-refractivity contribution < 1.29 is 13.8 Å². The molecule has 1 unspecified atom stereocenters. The zero-order valence-corrected chi connectivity index (χ0v) is 7.84. The van der Waals surface area contributed by atoms with Crippen molar-refractivity contribution in [1.29, 1.82) is 0 Å². The standard InChI is InChI=1S/C7H14O3P/c1-3-6-7(4-5-9-6)10-11(2)8/h6-7H,3-5H2,1-2H3/q+1/t6-,7-/m1/s1. The molecule has 3 nitrogen and oxygen atoms in total. The van der Waals surface area contributed by atoms with Crippen molar-refractivity contribution in [3.8, 4) is 0 Å². The summed E-state index contributed by atoms with van der Waals surface area (Å²) in [5.41, 5.74) is 0. The molecule has 1 aliphatic rings. The number of ether oxygens (including phenoxy) is 1. The van der Waals surface area contributed by atoms with E-state index in [1.165, 1.54) is 0 Å². The third-order valence-corrected chi connectivity index (χ3v) is 2.40. The van der Waals surface area contributed by atoms with Crippen molar-refractivity contribution in [2.24, 2.45) is 0 Å². The number of hydrogen-bond acceptors (Lipinski definition) is 3. The highest BCUT2D eigenvalue weighted by Crippen LogP contribution is 2.28. The second-order valence-electron chi connectivity index (χ2n) is 2.69. The van der Waals surface area contributed by atoms with E-state index in [2.05, 4.69) is 6.92 Å². The van der Waals surface area contributed by atoms with E-state index in [9.17, 15) is 4.57 Å². The van der Waals surface area contributed by atoms with Gasteiger partial charge in [0.1, 0.15) is 6.10 Å². The maximum atomic E-state index is 10.7. The minimum absolute atomic E-state index is 0.0635. The van der Waals surface area contributed by atoms with Gasteiger partial charge < -0.3 is 4.74 Å². The Morgan fingerprint density at radius 1 is 1.73 bits per heavy atom. The van der Waals surface area contributed by atoms with Crippen LogP contribution < -0.4 is 0 Å². The van der Waals surface area contributed by atoms with Crippen molar-refractivity contribution in [2.45, 2.75) is 32.0 Å². The summed E-state index contributed by atoms with van der Waals surface area (Å²) in [6, 6.07) is 0. The van der Waals surface area contributed by atoms with Crippen LogP contribution >= 0.6 is 8.03 Å². The van der Waals surface area contributed by atoms with Gasteiger partial charge in [0.2, 0.25) is 0 Å². The van der Waals surface area contributed by atoms with Crippen molar-refractivity contribution in [2.75, 3.05) is 13.3 Å². The number of rotatable bonds is 3. The molecule has 0 spiro atoms. The molecule has 1 fully saturated rings. The molecule has 0 aliphatic carbocycles. The highest BCUT2D eigenvalue weighted by atomic mass is 31.1. The van der Waals surface area contributed by atoms with E-state index >= 15 is 0 Å². The number of hydrogen-bond donors (Lipinski definition) is 0. The molecule has 0 aromatic rings. The molecule has 1 rings (SSSR count). The second kappa shape index (κ2) is 4.15. The predicted molar refractivity (Wildman–Crippen MR) is 43.1 cm³/mol. The van der Waals surface area contributed by atoms with Crippen LogP contribution in [0.5, 0.6) is 0 Å². The molecule has 0 saturated carbocycles. The van der Waals surface area contributed by atoms with Gasteiger partial charge in [-0.05, 0) is 11.0 Å². The molecule has 0 amide bonds. The van der Waals surface area contributed by atoms with Crippen LogP contribution in [0.25, 0.3) is 0 Å². The van der Waals surface area contributed by atoms with Crippen LogP contribution in [0.2, 0.25) is 0 Å². The molecule has 64 valence electrons. The normalized spacial score (nSPS) is 32.4. The molecule has 0 N–H and O–H groups in total. The Hall–Kier alpha value is 0.0200. The Bertz CT molecular complexity index is 149. The largest absolute Gasteiger partial charge is 0.505 e. The lowest BCUT2D eigenvalue weighted by atomic mass is 10.1. The Balaban J connectivity index is 2.37. The third-order valence-electron chi connectivity index (χ3n) is 1.84. The quantitative estimate of drug-likeness (QED) is 0.618. The molecule has 4 heteroatoms. The fourth-order valence-corrected chi connectivity index (χ4v) is 1.94. The van der Waals surface area contributed by atoms with Crippen LogP contribution in [0.15, 0.2) is 0 Å². The first-order valence-corrected chi connectivity index (χ1v) is 5.55. The smallest absolute Gasteiger partial charge is 0.375 e. The minimum atomic E-state index is -1.47. The van der Waals surface area contributed by atoms with E-state index in [0.717, 1.165) is 19.4 Å². The van der Waals surface area contributed by atoms with Gasteiger partial charge in [-0.3, -0.25) is 0 Å². The van der Waals surface area contributed by atoms with E-state index in [1.54, 1.807) is 6.66 Å². The molecule has 0 aromatic carbocycles. The van der Waals surface area contributed by atoms with Gasteiger partial charge in [-0.1, -0.05) is 6.92 Å². The fourth-order valence-electron chi connectivity index (χ4n) is 1.32. The van der Waals surface area contributed by atoms with Gasteiger partial charge >= 0.3 is 8.03 Å². The summed E-state index contributed by atoms with van der Waals surface area (Å²) in [4.78, 5) is 0. The maximum Gasteiger partial charge on any atom is 0.505 e. The van der Waals surface area contributed by atoms with Crippen molar-refractivity contribution in [3.05, 3.63) is 0 Å². The van der Waals surface area contributed by atoms with E-state index in [1.807, 2.05) is 0 Å². The summed E-state index contributed by atoms with van der Waals surface area (Å²) in [5, 5.41) is 0. The highest BCUT2D eigenvalue weighted by molar-refractivity contribution is 7.38.